The maximum absolute atomic E-state index is 8.94. The van der Waals surface area contributed by atoms with E-state index in [1.165, 1.54) is 0 Å². The predicted molar refractivity (Wildman–Crippen MR) is 65.5 cm³/mol. The first-order valence-electron chi connectivity index (χ1n) is 5.35. The zero-order valence-electron chi connectivity index (χ0n) is 9.27. The number of aliphatic hydroxyl groups excluding tert-OH is 1. The zero-order chi connectivity index (χ0) is 11.5. The molecule has 0 aliphatic heterocycles. The monoisotopic (exact) mass is 220 g/mol. The average Bonchev–Trinajstić information content (AvgIpc) is 2.68. The topological polar surface area (TPSA) is 78.2 Å². The summed E-state index contributed by atoms with van der Waals surface area (Å²) in [4.78, 5) is 9.63. The molecule has 0 spiro atoms. The summed E-state index contributed by atoms with van der Waals surface area (Å²) in [6.07, 6.45) is 0. The molecule has 0 radical (unpaired) electrons. The van der Waals surface area contributed by atoms with Gasteiger partial charge in [0, 0.05) is 18.8 Å². The number of aromatic nitrogens is 2. The smallest absolute Gasteiger partial charge is 0.203 e. The van der Waals surface area contributed by atoms with Crippen molar-refractivity contribution in [3.8, 4) is 0 Å². The Hall–Kier alpha value is -1.75. The number of aliphatic hydroxyl groups is 1. The van der Waals surface area contributed by atoms with Gasteiger partial charge < -0.3 is 20.7 Å². The highest BCUT2D eigenvalue weighted by Gasteiger charge is 2.08. The Bertz CT molecular complexity index is 480. The molecular weight excluding hydrogens is 204 g/mol. The summed E-state index contributed by atoms with van der Waals surface area (Å²) in [5, 5.41) is 8.94. The van der Waals surface area contributed by atoms with E-state index in [-0.39, 0.29) is 6.61 Å². The predicted octanol–water partition coefficient (Wildman–Crippen LogP) is 0.964. The summed E-state index contributed by atoms with van der Waals surface area (Å²) in [6, 6.07) is 5.57. The highest BCUT2D eigenvalue weighted by molar-refractivity contribution is 5.80. The van der Waals surface area contributed by atoms with E-state index in [0.29, 0.717) is 12.2 Å². The van der Waals surface area contributed by atoms with Gasteiger partial charge in [-0.25, -0.2) is 4.98 Å². The number of nitrogens with two attached hydrogens (primary N) is 1. The van der Waals surface area contributed by atoms with Gasteiger partial charge in [0.05, 0.1) is 17.6 Å². The molecule has 0 aliphatic carbocycles. The minimum atomic E-state index is 0.118. The van der Waals surface area contributed by atoms with Crippen LogP contribution in [-0.4, -0.2) is 34.8 Å². The van der Waals surface area contributed by atoms with Crippen molar-refractivity contribution in [1.29, 1.82) is 0 Å². The Morgan fingerprint density at radius 2 is 2.31 bits per heavy atom. The van der Waals surface area contributed by atoms with Gasteiger partial charge in [-0.3, -0.25) is 0 Å². The molecule has 0 unspecified atom stereocenters. The molecule has 0 saturated carbocycles. The molecule has 1 aromatic heterocycles. The number of anilines is 2. The molecule has 4 N–H and O–H groups in total. The molecule has 5 nitrogen and oxygen atoms in total. The van der Waals surface area contributed by atoms with Crippen molar-refractivity contribution in [1.82, 2.24) is 9.97 Å². The third kappa shape index (κ3) is 1.94. The Labute approximate surface area is 93.9 Å². The third-order valence-corrected chi connectivity index (χ3v) is 2.54. The number of H-pyrrole nitrogens is 1. The van der Waals surface area contributed by atoms with Crippen molar-refractivity contribution in [2.75, 3.05) is 30.3 Å². The van der Waals surface area contributed by atoms with Gasteiger partial charge in [-0.05, 0) is 25.1 Å². The van der Waals surface area contributed by atoms with E-state index in [9.17, 15) is 0 Å². The molecule has 0 amide bonds. The lowest BCUT2D eigenvalue weighted by atomic mass is 10.3. The van der Waals surface area contributed by atoms with Gasteiger partial charge in [0.1, 0.15) is 0 Å². The van der Waals surface area contributed by atoms with Crippen LogP contribution in [0.15, 0.2) is 18.2 Å². The summed E-state index contributed by atoms with van der Waals surface area (Å²) in [5.74, 6) is 0.775. The number of imidazole rings is 1. The lowest BCUT2D eigenvalue weighted by Crippen LogP contribution is -2.27. The number of likely N-dealkylation sites (N-methyl/N-ethyl adjacent to an activating group) is 1. The van der Waals surface area contributed by atoms with E-state index in [2.05, 4.69) is 9.97 Å². The van der Waals surface area contributed by atoms with Gasteiger partial charge in [-0.2, -0.15) is 0 Å². The number of fused-ring (bicyclic) bond motifs is 1. The van der Waals surface area contributed by atoms with E-state index in [0.717, 1.165) is 23.5 Å². The van der Waals surface area contributed by atoms with Crippen LogP contribution in [0.25, 0.3) is 11.0 Å². The number of nitrogen functional groups attached to an aromatic ring is 1. The summed E-state index contributed by atoms with van der Waals surface area (Å²) < 4.78 is 0. The van der Waals surface area contributed by atoms with Crippen molar-refractivity contribution in [2.45, 2.75) is 6.92 Å². The molecule has 86 valence electrons. The van der Waals surface area contributed by atoms with Gasteiger partial charge in [0.2, 0.25) is 5.95 Å². The summed E-state index contributed by atoms with van der Waals surface area (Å²) in [5.41, 5.74) is 8.23. The van der Waals surface area contributed by atoms with Crippen molar-refractivity contribution >= 4 is 22.7 Å². The van der Waals surface area contributed by atoms with Crippen LogP contribution in [0, 0.1) is 0 Å². The molecule has 16 heavy (non-hydrogen) atoms. The number of hydrogen-bond donors (Lipinski definition) is 3. The van der Waals surface area contributed by atoms with Gasteiger partial charge in [-0.1, -0.05) is 0 Å². The fourth-order valence-electron chi connectivity index (χ4n) is 1.70. The molecule has 1 aromatic carbocycles. The van der Waals surface area contributed by atoms with Crippen LogP contribution < -0.4 is 10.6 Å². The minimum absolute atomic E-state index is 0.118. The van der Waals surface area contributed by atoms with Crippen molar-refractivity contribution in [3.05, 3.63) is 18.2 Å². The summed E-state index contributed by atoms with van der Waals surface area (Å²) >= 11 is 0. The number of aromatic amines is 1. The first-order valence-corrected chi connectivity index (χ1v) is 5.35. The van der Waals surface area contributed by atoms with Crippen LogP contribution in [-0.2, 0) is 0 Å². The largest absolute Gasteiger partial charge is 0.399 e. The number of benzene rings is 1. The second-order valence-corrected chi connectivity index (χ2v) is 3.64. The molecular formula is C11H16N4O. The lowest BCUT2D eigenvalue weighted by molar-refractivity contribution is 0.302. The molecule has 2 aromatic rings. The normalized spacial score (nSPS) is 10.9. The maximum Gasteiger partial charge on any atom is 0.203 e. The fourth-order valence-corrected chi connectivity index (χ4v) is 1.70. The molecule has 1 heterocycles. The quantitative estimate of drug-likeness (QED) is 0.671. The van der Waals surface area contributed by atoms with Gasteiger partial charge in [-0.15, -0.1) is 0 Å². The molecule has 0 aliphatic rings. The Morgan fingerprint density at radius 3 is 3.00 bits per heavy atom. The van der Waals surface area contributed by atoms with E-state index in [1.54, 1.807) is 0 Å². The first kappa shape index (κ1) is 10.8. The van der Waals surface area contributed by atoms with Crippen molar-refractivity contribution in [2.24, 2.45) is 0 Å². The Morgan fingerprint density at radius 1 is 1.50 bits per heavy atom. The second-order valence-electron chi connectivity index (χ2n) is 3.64. The maximum atomic E-state index is 8.94. The van der Waals surface area contributed by atoms with Crippen LogP contribution >= 0.6 is 0 Å². The van der Waals surface area contributed by atoms with Crippen LogP contribution in [0.4, 0.5) is 11.6 Å². The highest BCUT2D eigenvalue weighted by Crippen LogP contribution is 2.19. The van der Waals surface area contributed by atoms with Gasteiger partial charge in [0.15, 0.2) is 0 Å². The van der Waals surface area contributed by atoms with Crippen LogP contribution in [0.2, 0.25) is 0 Å². The molecule has 0 saturated heterocycles. The summed E-state index contributed by atoms with van der Waals surface area (Å²) in [7, 11) is 0. The first-order chi connectivity index (χ1) is 7.74. The molecule has 5 heteroatoms. The average molecular weight is 220 g/mol. The van der Waals surface area contributed by atoms with Crippen LogP contribution in [0.1, 0.15) is 6.92 Å². The third-order valence-electron chi connectivity index (χ3n) is 2.54. The van der Waals surface area contributed by atoms with E-state index < -0.39 is 0 Å². The van der Waals surface area contributed by atoms with E-state index >= 15 is 0 Å². The van der Waals surface area contributed by atoms with Crippen molar-refractivity contribution in [3.63, 3.8) is 0 Å². The number of nitrogens with zero attached hydrogens (tertiary/aromatic N) is 2. The van der Waals surface area contributed by atoms with E-state index in [1.807, 2.05) is 30.0 Å². The molecule has 0 fully saturated rings. The van der Waals surface area contributed by atoms with Crippen molar-refractivity contribution < 1.29 is 5.11 Å². The number of nitrogens with one attached hydrogen (secondary N) is 1. The van der Waals surface area contributed by atoms with Gasteiger partial charge >= 0.3 is 0 Å². The number of hydrogen-bond acceptors (Lipinski definition) is 4. The standard InChI is InChI=1S/C11H16N4O/c1-2-15(5-6-16)11-13-9-4-3-8(12)7-10(9)14-11/h3-4,7,16H,2,5-6,12H2,1H3,(H,13,14). The Balaban J connectivity index is 2.37. The van der Waals surface area contributed by atoms with Crippen LogP contribution in [0.3, 0.4) is 0 Å². The SMILES string of the molecule is CCN(CCO)c1nc2ccc(N)cc2[nH]1. The lowest BCUT2D eigenvalue weighted by Gasteiger charge is -2.17. The fraction of sp³-hybridized carbons (Fsp3) is 0.364. The number of rotatable bonds is 4. The van der Waals surface area contributed by atoms with Gasteiger partial charge in [0.25, 0.3) is 0 Å². The Kier molecular flexibility index (Phi) is 2.96. The molecule has 0 atom stereocenters. The summed E-state index contributed by atoms with van der Waals surface area (Å²) in [6.45, 7) is 3.52. The minimum Gasteiger partial charge on any atom is -0.399 e. The molecule has 2 rings (SSSR count). The van der Waals surface area contributed by atoms with Crippen LogP contribution in [0.5, 0.6) is 0 Å². The highest BCUT2D eigenvalue weighted by atomic mass is 16.3. The molecule has 0 bridgehead atoms. The second kappa shape index (κ2) is 4.40. The van der Waals surface area contributed by atoms with E-state index in [4.69, 9.17) is 10.8 Å². The zero-order valence-corrected chi connectivity index (χ0v) is 9.27.